The molecule has 0 aliphatic heterocycles. The van der Waals surface area contributed by atoms with Crippen LogP contribution in [-0.4, -0.2) is 15.3 Å². The number of pyridine rings is 1. The van der Waals surface area contributed by atoms with Crippen LogP contribution in [0.1, 0.15) is 15.9 Å². The highest BCUT2D eigenvalue weighted by Crippen LogP contribution is 2.30. The largest absolute Gasteiger partial charge is 0.416 e. The molecule has 0 atom stereocenters. The maximum atomic E-state index is 12.7. The molecule has 22 heavy (non-hydrogen) atoms. The summed E-state index contributed by atoms with van der Waals surface area (Å²) in [6.07, 6.45) is 0.486. The lowest BCUT2D eigenvalue weighted by molar-refractivity contribution is -0.137. The fraction of sp³-hybridized carbons (Fsp3) is 0.0667. The molecule has 112 valence electrons. The first-order valence-corrected chi connectivity index (χ1v) is 6.35. The summed E-state index contributed by atoms with van der Waals surface area (Å²) in [6, 6.07) is 7.71. The summed E-state index contributed by atoms with van der Waals surface area (Å²) < 4.78 is 39.7. The van der Waals surface area contributed by atoms with Gasteiger partial charge >= 0.3 is 6.18 Å². The van der Waals surface area contributed by atoms with E-state index < -0.39 is 17.6 Å². The van der Waals surface area contributed by atoms with Crippen LogP contribution in [0.2, 0.25) is 0 Å². The van der Waals surface area contributed by atoms with Crippen LogP contribution in [-0.2, 0) is 6.18 Å². The monoisotopic (exact) mass is 305 g/mol. The van der Waals surface area contributed by atoms with E-state index in [0.717, 1.165) is 12.1 Å². The van der Waals surface area contributed by atoms with E-state index in [1.54, 1.807) is 28.9 Å². The summed E-state index contributed by atoms with van der Waals surface area (Å²) in [5.74, 6) is -0.517. The second kappa shape index (κ2) is 5.18. The number of amides is 1. The molecule has 0 unspecified atom stereocenters. The maximum Gasteiger partial charge on any atom is 0.416 e. The van der Waals surface area contributed by atoms with Gasteiger partial charge in [0.25, 0.3) is 5.91 Å². The highest BCUT2D eigenvalue weighted by Gasteiger charge is 2.30. The molecule has 0 saturated heterocycles. The van der Waals surface area contributed by atoms with E-state index >= 15 is 0 Å². The van der Waals surface area contributed by atoms with E-state index in [9.17, 15) is 18.0 Å². The van der Waals surface area contributed by atoms with Gasteiger partial charge in [-0.2, -0.15) is 13.2 Å². The summed E-state index contributed by atoms with van der Waals surface area (Å²) in [7, 11) is 0. The van der Waals surface area contributed by atoms with Crippen LogP contribution < -0.4 is 5.32 Å². The minimum Gasteiger partial charge on any atom is -0.322 e. The van der Waals surface area contributed by atoms with Gasteiger partial charge in [-0.1, -0.05) is 6.07 Å². The number of imidazole rings is 1. The molecule has 0 radical (unpaired) electrons. The first-order valence-electron chi connectivity index (χ1n) is 6.35. The third kappa shape index (κ3) is 2.65. The molecule has 1 N–H and O–H groups in total. The number of aromatic nitrogens is 2. The standard InChI is InChI=1S/C15H10F3N3O/c16-15(17,18)10-3-1-4-11(9-10)20-14(22)12-5-2-7-21-8-6-19-13(12)21/h1-9H,(H,20,22). The van der Waals surface area contributed by atoms with Gasteiger partial charge in [-0.25, -0.2) is 4.98 Å². The predicted octanol–water partition coefficient (Wildman–Crippen LogP) is 3.61. The van der Waals surface area contributed by atoms with Crippen molar-refractivity contribution in [1.29, 1.82) is 0 Å². The predicted molar refractivity (Wildman–Crippen MR) is 74.6 cm³/mol. The fourth-order valence-corrected chi connectivity index (χ4v) is 2.10. The number of benzene rings is 1. The summed E-state index contributed by atoms with van der Waals surface area (Å²) in [5, 5.41) is 2.46. The van der Waals surface area contributed by atoms with Gasteiger partial charge in [0.15, 0.2) is 0 Å². The minimum atomic E-state index is -4.45. The maximum absolute atomic E-state index is 12.7. The van der Waals surface area contributed by atoms with Crippen molar-refractivity contribution in [3.63, 3.8) is 0 Å². The van der Waals surface area contributed by atoms with Crippen molar-refractivity contribution in [2.45, 2.75) is 6.18 Å². The Labute approximate surface area is 123 Å². The molecule has 0 fully saturated rings. The molecule has 7 heteroatoms. The lowest BCUT2D eigenvalue weighted by atomic mass is 10.2. The van der Waals surface area contributed by atoms with Crippen molar-refractivity contribution in [2.24, 2.45) is 0 Å². The molecule has 0 aliphatic rings. The number of nitrogens with zero attached hydrogens (tertiary/aromatic N) is 2. The number of carbonyl (C=O) groups excluding carboxylic acids is 1. The zero-order chi connectivity index (χ0) is 15.7. The van der Waals surface area contributed by atoms with Crippen LogP contribution in [0.3, 0.4) is 0 Å². The quantitative estimate of drug-likeness (QED) is 0.786. The Kier molecular flexibility index (Phi) is 3.32. The zero-order valence-electron chi connectivity index (χ0n) is 11.1. The number of alkyl halides is 3. The molecule has 0 saturated carbocycles. The summed E-state index contributed by atoms with van der Waals surface area (Å²) >= 11 is 0. The zero-order valence-corrected chi connectivity index (χ0v) is 11.1. The molecule has 3 rings (SSSR count). The van der Waals surface area contributed by atoms with Crippen molar-refractivity contribution in [3.8, 4) is 0 Å². The number of carbonyl (C=O) groups is 1. The van der Waals surface area contributed by atoms with E-state index in [1.807, 2.05) is 0 Å². The van der Waals surface area contributed by atoms with E-state index in [2.05, 4.69) is 10.3 Å². The van der Waals surface area contributed by atoms with Gasteiger partial charge in [-0.15, -0.1) is 0 Å². The second-order valence-corrected chi connectivity index (χ2v) is 4.61. The molecule has 2 heterocycles. The lowest BCUT2D eigenvalue weighted by Crippen LogP contribution is -2.14. The number of anilines is 1. The Balaban J connectivity index is 1.90. The van der Waals surface area contributed by atoms with Crippen molar-refractivity contribution in [3.05, 3.63) is 66.1 Å². The van der Waals surface area contributed by atoms with Gasteiger partial charge in [0, 0.05) is 24.3 Å². The Bertz CT molecular complexity index is 839. The highest BCUT2D eigenvalue weighted by molar-refractivity contribution is 6.08. The molecule has 3 aromatic rings. The van der Waals surface area contributed by atoms with Crippen LogP contribution in [0.25, 0.3) is 5.65 Å². The van der Waals surface area contributed by atoms with Gasteiger partial charge in [0.2, 0.25) is 0 Å². The fourth-order valence-electron chi connectivity index (χ4n) is 2.10. The average Bonchev–Trinajstić information content (AvgIpc) is 2.94. The lowest BCUT2D eigenvalue weighted by Gasteiger charge is -2.10. The first-order chi connectivity index (χ1) is 10.4. The minimum absolute atomic E-state index is 0.0772. The Morgan fingerprint density at radius 1 is 1.14 bits per heavy atom. The van der Waals surface area contributed by atoms with E-state index in [-0.39, 0.29) is 11.3 Å². The summed E-state index contributed by atoms with van der Waals surface area (Å²) in [5.41, 5.74) is -0.0189. The third-order valence-electron chi connectivity index (χ3n) is 3.11. The molecule has 1 aromatic carbocycles. The van der Waals surface area contributed by atoms with E-state index in [4.69, 9.17) is 0 Å². The van der Waals surface area contributed by atoms with Gasteiger partial charge in [-0.05, 0) is 30.3 Å². The highest BCUT2D eigenvalue weighted by atomic mass is 19.4. The Morgan fingerprint density at radius 2 is 1.95 bits per heavy atom. The van der Waals surface area contributed by atoms with Gasteiger partial charge in [-0.3, -0.25) is 4.79 Å². The second-order valence-electron chi connectivity index (χ2n) is 4.61. The Hall–Kier alpha value is -2.83. The number of hydrogen-bond donors (Lipinski definition) is 1. The van der Waals surface area contributed by atoms with Gasteiger partial charge in [0.1, 0.15) is 5.65 Å². The van der Waals surface area contributed by atoms with Gasteiger partial charge in [0.05, 0.1) is 11.1 Å². The molecule has 0 spiro atoms. The Morgan fingerprint density at radius 3 is 2.73 bits per heavy atom. The average molecular weight is 305 g/mol. The smallest absolute Gasteiger partial charge is 0.322 e. The molecule has 2 aromatic heterocycles. The summed E-state index contributed by atoms with van der Waals surface area (Å²) in [6.45, 7) is 0. The van der Waals surface area contributed by atoms with Crippen molar-refractivity contribution < 1.29 is 18.0 Å². The van der Waals surface area contributed by atoms with Crippen molar-refractivity contribution in [1.82, 2.24) is 9.38 Å². The molecule has 0 aliphatic carbocycles. The third-order valence-corrected chi connectivity index (χ3v) is 3.11. The van der Waals surface area contributed by atoms with Crippen LogP contribution in [0.5, 0.6) is 0 Å². The molecular formula is C15H10F3N3O. The molecule has 0 bridgehead atoms. The van der Waals surface area contributed by atoms with Crippen LogP contribution in [0, 0.1) is 0 Å². The topological polar surface area (TPSA) is 46.4 Å². The number of nitrogens with one attached hydrogen (secondary N) is 1. The number of rotatable bonds is 2. The summed E-state index contributed by atoms with van der Waals surface area (Å²) in [4.78, 5) is 16.3. The number of hydrogen-bond acceptors (Lipinski definition) is 2. The number of fused-ring (bicyclic) bond motifs is 1. The van der Waals surface area contributed by atoms with Crippen LogP contribution >= 0.6 is 0 Å². The van der Waals surface area contributed by atoms with E-state index in [0.29, 0.717) is 5.65 Å². The van der Waals surface area contributed by atoms with Crippen LogP contribution in [0.15, 0.2) is 55.0 Å². The van der Waals surface area contributed by atoms with Gasteiger partial charge < -0.3 is 9.72 Å². The van der Waals surface area contributed by atoms with Crippen LogP contribution in [0.4, 0.5) is 18.9 Å². The van der Waals surface area contributed by atoms with E-state index in [1.165, 1.54) is 18.3 Å². The molecule has 4 nitrogen and oxygen atoms in total. The number of halogens is 3. The van der Waals surface area contributed by atoms with Crippen molar-refractivity contribution >= 4 is 17.2 Å². The normalized spacial score (nSPS) is 11.6. The van der Waals surface area contributed by atoms with Crippen molar-refractivity contribution in [2.75, 3.05) is 5.32 Å². The molecule has 1 amide bonds. The SMILES string of the molecule is O=C(Nc1cccc(C(F)(F)F)c1)c1cccn2ccnc12. The molecular weight excluding hydrogens is 295 g/mol. The first kappa shape index (κ1) is 14.1.